The third-order valence-electron chi connectivity index (χ3n) is 6.52. The van der Waals surface area contributed by atoms with Crippen molar-refractivity contribution in [2.45, 2.75) is 12.2 Å². The average Bonchev–Trinajstić information content (AvgIpc) is 2.98. The molecule has 3 aromatic rings. The molecule has 1 aliphatic carbocycles. The van der Waals surface area contributed by atoms with Crippen LogP contribution in [0.15, 0.2) is 64.0 Å². The highest BCUT2D eigenvalue weighted by molar-refractivity contribution is 9.10. The number of amides is 1. The minimum atomic E-state index is -0.577. The van der Waals surface area contributed by atoms with Crippen LogP contribution < -0.4 is 10.4 Å². The van der Waals surface area contributed by atoms with Crippen molar-refractivity contribution < 1.29 is 14.6 Å². The standard InChI is InChI=1S/C25H20BrN3O4/c26-17-8-7-16-6-5-15-3-1-2-4-18(15)22(19(16)13-17)29-21-14-33-12-11-27(21)25(32)23-24(31)20(30)9-10-28(23)29/h1-10,13,21-22,31H,11-12,14H2/t21-,22?/m1/s1. The first-order valence-electron chi connectivity index (χ1n) is 10.7. The van der Waals surface area contributed by atoms with Crippen LogP contribution in [0.5, 0.6) is 5.75 Å². The molecule has 6 rings (SSSR count). The van der Waals surface area contributed by atoms with Crippen LogP contribution in [0.25, 0.3) is 12.2 Å². The topological polar surface area (TPSA) is 75.0 Å². The predicted molar refractivity (Wildman–Crippen MR) is 128 cm³/mol. The normalized spacial score (nSPS) is 21.1. The molecule has 0 saturated carbocycles. The maximum absolute atomic E-state index is 13.4. The van der Waals surface area contributed by atoms with Crippen LogP contribution in [0.4, 0.5) is 0 Å². The maximum Gasteiger partial charge on any atom is 0.278 e. The lowest BCUT2D eigenvalue weighted by Gasteiger charge is -2.51. The number of aromatic nitrogens is 1. The lowest BCUT2D eigenvalue weighted by molar-refractivity contribution is -0.0197. The fourth-order valence-corrected chi connectivity index (χ4v) is 5.39. The van der Waals surface area contributed by atoms with E-state index in [9.17, 15) is 14.7 Å². The van der Waals surface area contributed by atoms with Crippen LogP contribution in [0.1, 0.15) is 38.8 Å². The molecule has 2 atom stereocenters. The molecule has 8 heteroatoms. The van der Waals surface area contributed by atoms with Crippen molar-refractivity contribution in [1.29, 1.82) is 0 Å². The highest BCUT2D eigenvalue weighted by Crippen LogP contribution is 2.41. The quantitative estimate of drug-likeness (QED) is 0.548. The van der Waals surface area contributed by atoms with Crippen molar-refractivity contribution in [1.82, 2.24) is 9.58 Å². The van der Waals surface area contributed by atoms with E-state index < -0.39 is 17.3 Å². The summed E-state index contributed by atoms with van der Waals surface area (Å²) in [6.45, 7) is 1.09. The number of fused-ring (bicyclic) bond motifs is 4. The Morgan fingerprint density at radius 1 is 1.00 bits per heavy atom. The van der Waals surface area contributed by atoms with Crippen LogP contribution in [0, 0.1) is 0 Å². The molecule has 0 bridgehead atoms. The Morgan fingerprint density at radius 3 is 2.64 bits per heavy atom. The van der Waals surface area contributed by atoms with Gasteiger partial charge in [0, 0.05) is 23.3 Å². The first kappa shape index (κ1) is 20.3. The van der Waals surface area contributed by atoms with Crippen LogP contribution in [0.3, 0.4) is 0 Å². The number of pyridine rings is 1. The smallest absolute Gasteiger partial charge is 0.278 e. The zero-order chi connectivity index (χ0) is 22.7. The Balaban J connectivity index is 1.67. The Bertz CT molecular complexity index is 1380. The predicted octanol–water partition coefficient (Wildman–Crippen LogP) is 3.34. The molecule has 1 amide bonds. The SMILES string of the molecule is O=C1c2c(O)c(=O)ccn2N(C2c3ccccc3C=Cc3ccc(Br)cc32)[C@@H]2COCCN12. The van der Waals surface area contributed by atoms with E-state index in [1.165, 1.54) is 6.07 Å². The Kier molecular flexibility index (Phi) is 4.67. The number of carbonyl (C=O) groups excluding carboxylic acids is 1. The zero-order valence-corrected chi connectivity index (χ0v) is 19.1. The van der Waals surface area contributed by atoms with E-state index >= 15 is 0 Å². The minimum Gasteiger partial charge on any atom is -0.502 e. The molecule has 7 nitrogen and oxygen atoms in total. The van der Waals surface area contributed by atoms with Gasteiger partial charge in [-0.1, -0.05) is 58.4 Å². The summed E-state index contributed by atoms with van der Waals surface area (Å²) in [4.78, 5) is 27.3. The van der Waals surface area contributed by atoms with E-state index in [-0.39, 0.29) is 17.6 Å². The van der Waals surface area contributed by atoms with Gasteiger partial charge in [-0.15, -0.1) is 0 Å². The van der Waals surface area contributed by atoms with Gasteiger partial charge >= 0.3 is 0 Å². The van der Waals surface area contributed by atoms with Gasteiger partial charge in [-0.2, -0.15) is 0 Å². The van der Waals surface area contributed by atoms with Crippen molar-refractivity contribution in [2.24, 2.45) is 0 Å². The monoisotopic (exact) mass is 505 g/mol. The van der Waals surface area contributed by atoms with E-state index in [0.717, 1.165) is 26.7 Å². The first-order chi connectivity index (χ1) is 16.0. The zero-order valence-electron chi connectivity index (χ0n) is 17.5. The molecule has 33 heavy (non-hydrogen) atoms. The molecular weight excluding hydrogens is 486 g/mol. The molecule has 2 aromatic carbocycles. The van der Waals surface area contributed by atoms with Crippen molar-refractivity contribution in [3.05, 3.63) is 97.4 Å². The summed E-state index contributed by atoms with van der Waals surface area (Å²) >= 11 is 3.62. The highest BCUT2D eigenvalue weighted by Gasteiger charge is 2.45. The molecule has 0 radical (unpaired) electrons. The minimum absolute atomic E-state index is 0.0214. The number of ether oxygens (including phenoxy) is 1. The Hall–Kier alpha value is -3.36. The van der Waals surface area contributed by atoms with E-state index in [4.69, 9.17) is 4.74 Å². The van der Waals surface area contributed by atoms with Crippen LogP contribution in [-0.2, 0) is 4.74 Å². The molecule has 1 saturated heterocycles. The molecular formula is C25H20BrN3O4. The number of hydrogen-bond acceptors (Lipinski definition) is 5. The van der Waals surface area contributed by atoms with Gasteiger partial charge in [-0.25, -0.2) is 0 Å². The highest BCUT2D eigenvalue weighted by atomic mass is 79.9. The van der Waals surface area contributed by atoms with Gasteiger partial charge in [-0.05, 0) is 34.4 Å². The summed E-state index contributed by atoms with van der Waals surface area (Å²) in [5.41, 5.74) is 3.59. The van der Waals surface area contributed by atoms with Crippen LogP contribution >= 0.6 is 15.9 Å². The summed E-state index contributed by atoms with van der Waals surface area (Å²) in [5, 5.41) is 12.7. The molecule has 3 aliphatic rings. The first-order valence-corrected chi connectivity index (χ1v) is 11.5. The van der Waals surface area contributed by atoms with E-state index in [0.29, 0.717) is 19.8 Å². The molecule has 0 spiro atoms. The van der Waals surface area contributed by atoms with Gasteiger partial charge in [0.2, 0.25) is 5.43 Å². The average molecular weight is 506 g/mol. The largest absolute Gasteiger partial charge is 0.502 e. The summed E-state index contributed by atoms with van der Waals surface area (Å²) in [7, 11) is 0. The van der Waals surface area contributed by atoms with Gasteiger partial charge < -0.3 is 14.7 Å². The van der Waals surface area contributed by atoms with Crippen molar-refractivity contribution in [2.75, 3.05) is 24.8 Å². The van der Waals surface area contributed by atoms with E-state index in [2.05, 4.69) is 52.3 Å². The third kappa shape index (κ3) is 3.05. The van der Waals surface area contributed by atoms with Crippen LogP contribution in [-0.4, -0.2) is 46.5 Å². The summed E-state index contributed by atoms with van der Waals surface area (Å²) in [6, 6.07) is 15.3. The number of aromatic hydroxyl groups is 1. The fraction of sp³-hybridized carbons (Fsp3) is 0.200. The lowest BCUT2D eigenvalue weighted by atomic mass is 9.92. The molecule has 2 aliphatic heterocycles. The molecule has 1 fully saturated rings. The number of morpholine rings is 1. The molecule has 3 heterocycles. The van der Waals surface area contributed by atoms with Gasteiger partial charge in [0.25, 0.3) is 5.91 Å². The summed E-state index contributed by atoms with van der Waals surface area (Å²) in [5.74, 6) is -0.906. The van der Waals surface area contributed by atoms with E-state index in [1.54, 1.807) is 15.8 Å². The molecule has 1 aromatic heterocycles. The van der Waals surface area contributed by atoms with E-state index in [1.807, 2.05) is 23.2 Å². The Morgan fingerprint density at radius 2 is 1.79 bits per heavy atom. The molecule has 166 valence electrons. The van der Waals surface area contributed by atoms with Gasteiger partial charge in [0.1, 0.15) is 6.17 Å². The second-order valence-corrected chi connectivity index (χ2v) is 9.21. The Labute approximate surface area is 198 Å². The van der Waals surface area contributed by atoms with Gasteiger partial charge in [0.15, 0.2) is 11.4 Å². The van der Waals surface area contributed by atoms with Gasteiger partial charge in [-0.3, -0.25) is 19.3 Å². The van der Waals surface area contributed by atoms with Crippen molar-refractivity contribution in [3.8, 4) is 5.75 Å². The van der Waals surface area contributed by atoms with Gasteiger partial charge in [0.05, 0.1) is 19.3 Å². The number of rotatable bonds is 1. The number of nitrogens with zero attached hydrogens (tertiary/aromatic N) is 3. The number of halogens is 1. The van der Waals surface area contributed by atoms with Crippen molar-refractivity contribution in [3.63, 3.8) is 0 Å². The number of hydrogen-bond donors (Lipinski definition) is 1. The second kappa shape index (κ2) is 7.60. The molecule has 1 N–H and O–H groups in total. The fourth-order valence-electron chi connectivity index (χ4n) is 5.01. The molecule has 1 unspecified atom stereocenters. The maximum atomic E-state index is 13.4. The summed E-state index contributed by atoms with van der Waals surface area (Å²) in [6.07, 6.45) is 5.34. The lowest BCUT2D eigenvalue weighted by Crippen LogP contribution is -2.66. The summed E-state index contributed by atoms with van der Waals surface area (Å²) < 4.78 is 8.38. The van der Waals surface area contributed by atoms with Crippen molar-refractivity contribution >= 4 is 34.0 Å². The third-order valence-corrected chi connectivity index (χ3v) is 7.01. The number of carbonyl (C=O) groups is 1. The second-order valence-electron chi connectivity index (χ2n) is 8.29. The number of benzene rings is 2. The van der Waals surface area contributed by atoms with Crippen LogP contribution in [0.2, 0.25) is 0 Å².